The third kappa shape index (κ3) is 2.63. The van der Waals surface area contributed by atoms with Gasteiger partial charge in [-0.1, -0.05) is 5.16 Å². The number of hydrogen-bond donors (Lipinski definition) is 3. The first-order valence-electron chi connectivity index (χ1n) is 5.25. The smallest absolute Gasteiger partial charge is 0.261 e. The van der Waals surface area contributed by atoms with E-state index >= 15 is 0 Å². The molecule has 19 heavy (non-hydrogen) atoms. The highest BCUT2D eigenvalue weighted by Gasteiger charge is 2.19. The van der Waals surface area contributed by atoms with Crippen LogP contribution < -0.4 is 16.8 Å². The number of aromatic nitrogens is 2. The molecule has 2 rings (SSSR count). The fourth-order valence-corrected chi connectivity index (χ4v) is 2.40. The van der Waals surface area contributed by atoms with E-state index in [1.807, 2.05) is 6.07 Å². The highest BCUT2D eigenvalue weighted by molar-refractivity contribution is 7.18. The van der Waals surface area contributed by atoms with Crippen molar-refractivity contribution in [2.45, 2.75) is 6.42 Å². The standard InChI is InChI=1S/C10H10N6O2S/c11-3-5-7(12)8(9(13)17)19-10(5)14-2-1-6-15-4-16-18-6/h4,14H,1-2,12H2,(H2,13,17). The molecular weight excluding hydrogens is 268 g/mol. The van der Waals surface area contributed by atoms with Crippen molar-refractivity contribution in [1.29, 1.82) is 5.26 Å². The molecule has 98 valence electrons. The average molecular weight is 278 g/mol. The van der Waals surface area contributed by atoms with Crippen LogP contribution in [-0.2, 0) is 6.42 Å². The van der Waals surface area contributed by atoms with Crippen LogP contribution in [0, 0.1) is 11.3 Å². The highest BCUT2D eigenvalue weighted by atomic mass is 32.1. The predicted octanol–water partition coefficient (Wildman–Crippen LogP) is 0.338. The molecule has 0 aliphatic carbocycles. The van der Waals surface area contributed by atoms with Gasteiger partial charge in [-0.2, -0.15) is 10.2 Å². The van der Waals surface area contributed by atoms with E-state index in [0.29, 0.717) is 23.9 Å². The summed E-state index contributed by atoms with van der Waals surface area (Å²) in [6.45, 7) is 0.467. The molecule has 0 unspecified atom stereocenters. The van der Waals surface area contributed by atoms with Gasteiger partial charge in [0.25, 0.3) is 5.91 Å². The quantitative estimate of drug-likeness (QED) is 0.715. The van der Waals surface area contributed by atoms with Crippen LogP contribution >= 0.6 is 11.3 Å². The molecule has 2 aromatic heterocycles. The minimum Gasteiger partial charge on any atom is -0.396 e. The van der Waals surface area contributed by atoms with Crippen molar-refractivity contribution < 1.29 is 9.32 Å². The van der Waals surface area contributed by atoms with E-state index in [1.165, 1.54) is 6.33 Å². The Morgan fingerprint density at radius 1 is 1.63 bits per heavy atom. The number of nitriles is 1. The zero-order valence-corrected chi connectivity index (χ0v) is 10.5. The van der Waals surface area contributed by atoms with E-state index in [2.05, 4.69) is 15.5 Å². The van der Waals surface area contributed by atoms with Gasteiger partial charge in [-0.05, 0) is 0 Å². The molecule has 0 fully saturated rings. The molecule has 0 radical (unpaired) electrons. The van der Waals surface area contributed by atoms with E-state index in [-0.39, 0.29) is 16.1 Å². The van der Waals surface area contributed by atoms with Crippen LogP contribution in [0.5, 0.6) is 0 Å². The third-order valence-electron chi connectivity index (χ3n) is 2.31. The Kier molecular flexibility index (Phi) is 3.63. The van der Waals surface area contributed by atoms with Crippen LogP contribution in [0.1, 0.15) is 21.1 Å². The molecule has 0 saturated carbocycles. The monoisotopic (exact) mass is 278 g/mol. The first-order valence-corrected chi connectivity index (χ1v) is 6.06. The summed E-state index contributed by atoms with van der Waals surface area (Å²) >= 11 is 1.06. The second kappa shape index (κ2) is 5.36. The summed E-state index contributed by atoms with van der Waals surface area (Å²) in [5, 5.41) is 16.0. The van der Waals surface area contributed by atoms with Crippen molar-refractivity contribution in [3.8, 4) is 6.07 Å². The van der Waals surface area contributed by atoms with E-state index in [1.54, 1.807) is 0 Å². The second-order valence-electron chi connectivity index (χ2n) is 3.54. The number of carbonyl (C=O) groups is 1. The SMILES string of the molecule is N#Cc1c(NCCc2ncno2)sc(C(N)=O)c1N. The number of anilines is 2. The molecule has 5 N–H and O–H groups in total. The van der Waals surface area contributed by atoms with Gasteiger partial charge in [-0.25, -0.2) is 0 Å². The second-order valence-corrected chi connectivity index (χ2v) is 4.56. The minimum absolute atomic E-state index is 0.111. The number of primary amides is 1. The molecule has 0 saturated heterocycles. The Balaban J connectivity index is 2.10. The fourth-order valence-electron chi connectivity index (χ4n) is 1.45. The molecule has 0 atom stereocenters. The van der Waals surface area contributed by atoms with Gasteiger partial charge in [-0.15, -0.1) is 11.3 Å². The lowest BCUT2D eigenvalue weighted by Crippen LogP contribution is -2.10. The molecule has 8 nitrogen and oxygen atoms in total. The summed E-state index contributed by atoms with van der Waals surface area (Å²) in [7, 11) is 0. The van der Waals surface area contributed by atoms with E-state index < -0.39 is 5.91 Å². The van der Waals surface area contributed by atoms with Crippen molar-refractivity contribution in [1.82, 2.24) is 10.1 Å². The van der Waals surface area contributed by atoms with Gasteiger partial charge in [-0.3, -0.25) is 4.79 Å². The Morgan fingerprint density at radius 2 is 2.42 bits per heavy atom. The zero-order valence-electron chi connectivity index (χ0n) is 9.71. The summed E-state index contributed by atoms with van der Waals surface area (Å²) in [6.07, 6.45) is 1.80. The van der Waals surface area contributed by atoms with E-state index in [4.69, 9.17) is 21.3 Å². The van der Waals surface area contributed by atoms with Crippen molar-refractivity contribution in [3.63, 3.8) is 0 Å². The van der Waals surface area contributed by atoms with Crippen molar-refractivity contribution in [3.05, 3.63) is 22.7 Å². The van der Waals surface area contributed by atoms with Gasteiger partial charge >= 0.3 is 0 Å². The van der Waals surface area contributed by atoms with Crippen LogP contribution in [0.4, 0.5) is 10.7 Å². The van der Waals surface area contributed by atoms with E-state index in [9.17, 15) is 4.79 Å². The Hall–Kier alpha value is -2.60. The Labute approximate surface area is 112 Å². The van der Waals surface area contributed by atoms with Gasteiger partial charge in [0, 0.05) is 13.0 Å². The normalized spacial score (nSPS) is 10.1. The van der Waals surface area contributed by atoms with Crippen molar-refractivity contribution in [2.75, 3.05) is 17.6 Å². The number of hydrogen-bond acceptors (Lipinski definition) is 8. The summed E-state index contributed by atoms with van der Waals surface area (Å²) in [4.78, 5) is 15.2. The molecule has 0 aromatic carbocycles. The van der Waals surface area contributed by atoms with Gasteiger partial charge in [0.05, 0.1) is 5.69 Å². The summed E-state index contributed by atoms with van der Waals surface area (Å²) in [5.41, 5.74) is 11.2. The average Bonchev–Trinajstić information content (AvgIpc) is 2.97. The van der Waals surface area contributed by atoms with Crippen LogP contribution in [0.25, 0.3) is 0 Å². The Morgan fingerprint density at radius 3 is 3.00 bits per heavy atom. The number of nitrogens with one attached hydrogen (secondary N) is 1. The van der Waals surface area contributed by atoms with Crippen LogP contribution in [-0.4, -0.2) is 22.6 Å². The number of nitrogens with zero attached hydrogens (tertiary/aromatic N) is 3. The van der Waals surface area contributed by atoms with Gasteiger partial charge < -0.3 is 21.3 Å². The maximum absolute atomic E-state index is 11.1. The summed E-state index contributed by atoms with van der Waals surface area (Å²) < 4.78 is 4.83. The Bertz CT molecular complexity index is 627. The van der Waals surface area contributed by atoms with Crippen LogP contribution in [0.15, 0.2) is 10.9 Å². The molecule has 9 heteroatoms. The number of amides is 1. The van der Waals surface area contributed by atoms with Crippen LogP contribution in [0.2, 0.25) is 0 Å². The minimum atomic E-state index is -0.649. The zero-order chi connectivity index (χ0) is 13.8. The fraction of sp³-hybridized carbons (Fsp3) is 0.200. The number of thiophene rings is 1. The maximum Gasteiger partial charge on any atom is 0.261 e. The summed E-state index contributed by atoms with van der Waals surface area (Å²) in [5.74, 6) is -0.172. The molecule has 0 bridgehead atoms. The topological polar surface area (TPSA) is 144 Å². The number of carbonyl (C=O) groups excluding carboxylic acids is 1. The molecule has 0 aliphatic heterocycles. The number of nitrogen functional groups attached to an aromatic ring is 1. The van der Waals surface area contributed by atoms with Crippen molar-refractivity contribution in [2.24, 2.45) is 5.73 Å². The molecule has 1 amide bonds. The van der Waals surface area contributed by atoms with Gasteiger partial charge in [0.2, 0.25) is 5.89 Å². The first kappa shape index (κ1) is 12.8. The van der Waals surface area contributed by atoms with Gasteiger partial charge in [0.15, 0.2) is 6.33 Å². The first-order chi connectivity index (χ1) is 9.13. The third-order valence-corrected chi connectivity index (χ3v) is 3.49. The van der Waals surface area contributed by atoms with Gasteiger partial charge in [0.1, 0.15) is 21.5 Å². The predicted molar refractivity (Wildman–Crippen MR) is 68.5 cm³/mol. The highest BCUT2D eigenvalue weighted by Crippen LogP contribution is 2.34. The van der Waals surface area contributed by atoms with Crippen molar-refractivity contribution >= 4 is 27.9 Å². The lowest BCUT2D eigenvalue weighted by atomic mass is 10.2. The van der Waals surface area contributed by atoms with Crippen LogP contribution in [0.3, 0.4) is 0 Å². The summed E-state index contributed by atoms with van der Waals surface area (Å²) in [6, 6.07) is 1.95. The molecule has 2 aromatic rings. The largest absolute Gasteiger partial charge is 0.396 e. The molecule has 0 spiro atoms. The number of rotatable bonds is 5. The molecular formula is C10H10N6O2S. The molecule has 2 heterocycles. The lowest BCUT2D eigenvalue weighted by Gasteiger charge is -2.01. The number of nitrogens with two attached hydrogens (primary N) is 2. The maximum atomic E-state index is 11.1. The molecule has 0 aliphatic rings. The lowest BCUT2D eigenvalue weighted by molar-refractivity contribution is 0.100. The van der Waals surface area contributed by atoms with E-state index in [0.717, 1.165) is 11.3 Å².